The highest BCUT2D eigenvalue weighted by atomic mass is 16.5. The molecule has 0 unspecified atom stereocenters. The van der Waals surface area contributed by atoms with Crippen molar-refractivity contribution < 1.29 is 19.1 Å². The van der Waals surface area contributed by atoms with Crippen LogP contribution in [0.2, 0.25) is 0 Å². The molecule has 0 bridgehead atoms. The third-order valence-electron chi connectivity index (χ3n) is 3.99. The number of H-pyrrole nitrogens is 1. The SMILES string of the molecule is CC(=O)c1c(C)[nH]c(C(=O)O[C@H](C(=O)N(C)C)c2ccccc2)c1C. The molecule has 132 valence electrons. The number of aromatic amines is 1. The van der Waals surface area contributed by atoms with E-state index in [9.17, 15) is 14.4 Å². The zero-order chi connectivity index (χ0) is 18.7. The summed E-state index contributed by atoms with van der Waals surface area (Å²) in [4.78, 5) is 41.1. The lowest BCUT2D eigenvalue weighted by Gasteiger charge is -2.21. The largest absolute Gasteiger partial charge is 0.443 e. The third-order valence-corrected chi connectivity index (χ3v) is 3.99. The summed E-state index contributed by atoms with van der Waals surface area (Å²) in [6, 6.07) is 8.83. The maximum absolute atomic E-state index is 12.6. The molecule has 0 spiro atoms. The number of esters is 1. The number of carbonyl (C=O) groups is 3. The van der Waals surface area contributed by atoms with Gasteiger partial charge in [0, 0.05) is 30.9 Å². The van der Waals surface area contributed by atoms with E-state index in [0.717, 1.165) is 0 Å². The fourth-order valence-corrected chi connectivity index (χ4v) is 2.77. The number of aryl methyl sites for hydroxylation is 1. The topological polar surface area (TPSA) is 79.5 Å². The van der Waals surface area contributed by atoms with Crippen LogP contribution in [0.25, 0.3) is 0 Å². The molecular weight excluding hydrogens is 320 g/mol. The number of Topliss-reactive ketones (excluding diaryl/α,β-unsaturated/α-hetero) is 1. The van der Waals surface area contributed by atoms with Gasteiger partial charge in [-0.3, -0.25) is 9.59 Å². The summed E-state index contributed by atoms with van der Waals surface area (Å²) in [6.45, 7) is 4.85. The average Bonchev–Trinajstić information content (AvgIpc) is 2.87. The van der Waals surface area contributed by atoms with Gasteiger partial charge < -0.3 is 14.6 Å². The molecule has 0 saturated heterocycles. The lowest BCUT2D eigenvalue weighted by atomic mass is 10.1. The molecular formula is C19H22N2O4. The Bertz CT molecular complexity index is 806. The molecule has 1 amide bonds. The van der Waals surface area contributed by atoms with Crippen LogP contribution in [0, 0.1) is 13.8 Å². The minimum Gasteiger partial charge on any atom is -0.443 e. The van der Waals surface area contributed by atoms with Gasteiger partial charge in [0.15, 0.2) is 5.78 Å². The molecule has 0 fully saturated rings. The summed E-state index contributed by atoms with van der Waals surface area (Å²) in [5, 5.41) is 0. The maximum atomic E-state index is 12.6. The fraction of sp³-hybridized carbons (Fsp3) is 0.316. The first kappa shape index (κ1) is 18.4. The monoisotopic (exact) mass is 342 g/mol. The number of nitrogens with zero attached hydrogens (tertiary/aromatic N) is 1. The van der Waals surface area contributed by atoms with Gasteiger partial charge >= 0.3 is 5.97 Å². The van der Waals surface area contributed by atoms with Crippen LogP contribution in [0.4, 0.5) is 0 Å². The number of hydrogen-bond acceptors (Lipinski definition) is 4. The van der Waals surface area contributed by atoms with Gasteiger partial charge in [0.25, 0.3) is 5.91 Å². The molecule has 0 aliphatic heterocycles. The Morgan fingerprint density at radius 3 is 2.16 bits per heavy atom. The van der Waals surface area contributed by atoms with Crippen LogP contribution < -0.4 is 0 Å². The first-order chi connectivity index (χ1) is 11.7. The molecule has 1 aromatic heterocycles. The standard InChI is InChI=1S/C19H22N2O4/c1-11-15(13(3)22)12(2)20-16(11)19(24)25-17(18(23)21(4)5)14-9-7-6-8-10-14/h6-10,17,20H,1-5H3/t17-/m0/s1. The second kappa shape index (κ2) is 7.34. The number of hydrogen-bond donors (Lipinski definition) is 1. The van der Waals surface area contributed by atoms with Crippen LogP contribution in [0.1, 0.15) is 50.7 Å². The highest BCUT2D eigenvalue weighted by Crippen LogP contribution is 2.24. The normalized spacial score (nSPS) is 11.7. The van der Waals surface area contributed by atoms with E-state index >= 15 is 0 Å². The zero-order valence-corrected chi connectivity index (χ0v) is 15.0. The van der Waals surface area contributed by atoms with Crippen molar-refractivity contribution in [1.29, 1.82) is 0 Å². The second-order valence-electron chi connectivity index (χ2n) is 6.11. The molecule has 0 saturated carbocycles. The van der Waals surface area contributed by atoms with Gasteiger partial charge in [0.05, 0.1) is 0 Å². The number of nitrogens with one attached hydrogen (secondary N) is 1. The van der Waals surface area contributed by atoms with E-state index < -0.39 is 12.1 Å². The van der Waals surface area contributed by atoms with Crippen LogP contribution in [0.3, 0.4) is 0 Å². The minimum atomic E-state index is -1.05. The summed E-state index contributed by atoms with van der Waals surface area (Å²) < 4.78 is 5.50. The summed E-state index contributed by atoms with van der Waals surface area (Å²) in [7, 11) is 3.20. The van der Waals surface area contributed by atoms with Crippen molar-refractivity contribution in [3.8, 4) is 0 Å². The Morgan fingerprint density at radius 1 is 1.08 bits per heavy atom. The lowest BCUT2D eigenvalue weighted by molar-refractivity contribution is -0.138. The predicted molar refractivity (Wildman–Crippen MR) is 93.6 cm³/mol. The number of aromatic nitrogens is 1. The molecule has 6 nitrogen and oxygen atoms in total. The first-order valence-corrected chi connectivity index (χ1v) is 7.91. The van der Waals surface area contributed by atoms with Crippen molar-refractivity contribution in [2.75, 3.05) is 14.1 Å². The van der Waals surface area contributed by atoms with Crippen molar-refractivity contribution in [1.82, 2.24) is 9.88 Å². The summed E-state index contributed by atoms with van der Waals surface area (Å²) >= 11 is 0. The summed E-state index contributed by atoms with van der Waals surface area (Å²) in [6.07, 6.45) is -1.05. The Morgan fingerprint density at radius 2 is 1.68 bits per heavy atom. The van der Waals surface area contributed by atoms with Crippen molar-refractivity contribution in [2.24, 2.45) is 0 Å². The van der Waals surface area contributed by atoms with Crippen molar-refractivity contribution in [3.05, 3.63) is 58.4 Å². The van der Waals surface area contributed by atoms with Gasteiger partial charge in [0.2, 0.25) is 6.10 Å². The number of carbonyl (C=O) groups excluding carboxylic acids is 3. The average molecular weight is 342 g/mol. The van der Waals surface area contributed by atoms with E-state index in [-0.39, 0.29) is 17.4 Å². The van der Waals surface area contributed by atoms with Crippen molar-refractivity contribution in [3.63, 3.8) is 0 Å². The number of likely N-dealkylation sites (N-methyl/N-ethyl adjacent to an activating group) is 1. The molecule has 1 N–H and O–H groups in total. The van der Waals surface area contributed by atoms with E-state index in [1.165, 1.54) is 11.8 Å². The molecule has 0 aliphatic rings. The van der Waals surface area contributed by atoms with Crippen LogP contribution in [0.15, 0.2) is 30.3 Å². The molecule has 25 heavy (non-hydrogen) atoms. The Balaban J connectivity index is 2.37. The molecule has 0 radical (unpaired) electrons. The molecule has 2 rings (SSSR count). The van der Waals surface area contributed by atoms with Gasteiger partial charge in [-0.2, -0.15) is 0 Å². The lowest BCUT2D eigenvalue weighted by Crippen LogP contribution is -2.31. The van der Waals surface area contributed by atoms with E-state index in [4.69, 9.17) is 4.74 Å². The third kappa shape index (κ3) is 3.79. The molecule has 1 atom stereocenters. The van der Waals surface area contributed by atoms with Gasteiger partial charge in [-0.25, -0.2) is 4.79 Å². The highest BCUT2D eigenvalue weighted by molar-refractivity contribution is 6.01. The number of ketones is 1. The number of benzene rings is 1. The van der Waals surface area contributed by atoms with Gasteiger partial charge in [-0.05, 0) is 26.3 Å². The minimum absolute atomic E-state index is 0.130. The van der Waals surface area contributed by atoms with Gasteiger partial charge in [0.1, 0.15) is 5.69 Å². The van der Waals surface area contributed by atoms with Crippen LogP contribution in [-0.2, 0) is 9.53 Å². The smallest absolute Gasteiger partial charge is 0.356 e. The summed E-state index contributed by atoms with van der Waals surface area (Å²) in [5.74, 6) is -1.14. The first-order valence-electron chi connectivity index (χ1n) is 7.91. The van der Waals surface area contributed by atoms with Crippen LogP contribution in [-0.4, -0.2) is 41.6 Å². The van der Waals surface area contributed by atoms with Gasteiger partial charge in [-0.1, -0.05) is 30.3 Å². The fourth-order valence-electron chi connectivity index (χ4n) is 2.77. The van der Waals surface area contributed by atoms with Crippen molar-refractivity contribution >= 4 is 17.7 Å². The van der Waals surface area contributed by atoms with E-state index in [0.29, 0.717) is 22.4 Å². The Kier molecular flexibility index (Phi) is 5.41. The predicted octanol–water partition coefficient (Wildman–Crippen LogP) is 2.82. The number of ether oxygens (including phenoxy) is 1. The molecule has 2 aromatic rings. The highest BCUT2D eigenvalue weighted by Gasteiger charge is 2.29. The molecule has 1 aromatic carbocycles. The quantitative estimate of drug-likeness (QED) is 0.669. The molecule has 1 heterocycles. The Hall–Kier alpha value is -2.89. The maximum Gasteiger partial charge on any atom is 0.356 e. The molecule has 6 heteroatoms. The van der Waals surface area contributed by atoms with E-state index in [1.54, 1.807) is 52.2 Å². The van der Waals surface area contributed by atoms with E-state index in [2.05, 4.69) is 4.98 Å². The van der Waals surface area contributed by atoms with Crippen LogP contribution in [0.5, 0.6) is 0 Å². The Labute approximate surface area is 146 Å². The number of rotatable bonds is 5. The molecule has 0 aliphatic carbocycles. The van der Waals surface area contributed by atoms with Gasteiger partial charge in [-0.15, -0.1) is 0 Å². The van der Waals surface area contributed by atoms with E-state index in [1.807, 2.05) is 6.07 Å². The number of amides is 1. The second-order valence-corrected chi connectivity index (χ2v) is 6.11. The van der Waals surface area contributed by atoms with Crippen LogP contribution >= 0.6 is 0 Å². The summed E-state index contributed by atoms with van der Waals surface area (Å²) in [5.41, 5.74) is 2.38. The zero-order valence-electron chi connectivity index (χ0n) is 15.0. The van der Waals surface area contributed by atoms with Crippen molar-refractivity contribution in [2.45, 2.75) is 26.9 Å².